The van der Waals surface area contributed by atoms with Crippen LogP contribution >= 0.6 is 11.3 Å². The van der Waals surface area contributed by atoms with Gasteiger partial charge in [0.05, 0.1) is 17.9 Å². The first-order valence-corrected chi connectivity index (χ1v) is 8.24. The SMILES string of the molecule is O=C1C[C@@H]2[C@H](CCN2Cc2ccsc2)N1c1cccnc1. The molecular weight excluding hydrogens is 282 g/mol. The van der Waals surface area contributed by atoms with E-state index in [1.54, 1.807) is 23.7 Å². The molecule has 0 aromatic carbocycles. The number of carbonyl (C=O) groups is 1. The van der Waals surface area contributed by atoms with Gasteiger partial charge in [-0.25, -0.2) is 0 Å². The van der Waals surface area contributed by atoms with Crippen molar-refractivity contribution in [2.24, 2.45) is 0 Å². The van der Waals surface area contributed by atoms with Crippen molar-refractivity contribution in [1.82, 2.24) is 9.88 Å². The van der Waals surface area contributed by atoms with E-state index in [1.165, 1.54) is 5.56 Å². The van der Waals surface area contributed by atoms with Crippen LogP contribution < -0.4 is 4.90 Å². The molecule has 4 rings (SSSR count). The minimum Gasteiger partial charge on any atom is -0.306 e. The van der Waals surface area contributed by atoms with E-state index in [1.807, 2.05) is 17.0 Å². The number of anilines is 1. The maximum atomic E-state index is 12.4. The van der Waals surface area contributed by atoms with Gasteiger partial charge in [-0.05, 0) is 40.9 Å². The fourth-order valence-electron chi connectivity index (χ4n) is 3.57. The van der Waals surface area contributed by atoms with Gasteiger partial charge in [-0.15, -0.1) is 0 Å². The van der Waals surface area contributed by atoms with Crippen LogP contribution in [0.1, 0.15) is 18.4 Å². The molecule has 0 bridgehead atoms. The average Bonchev–Trinajstić information content (AvgIpc) is 3.19. The first kappa shape index (κ1) is 13.0. The van der Waals surface area contributed by atoms with Crippen LogP contribution in [0, 0.1) is 0 Å². The number of carbonyl (C=O) groups excluding carboxylic acids is 1. The van der Waals surface area contributed by atoms with Crippen molar-refractivity contribution < 1.29 is 4.79 Å². The number of nitrogens with zero attached hydrogens (tertiary/aromatic N) is 3. The summed E-state index contributed by atoms with van der Waals surface area (Å²) in [5.74, 6) is 0.230. The lowest BCUT2D eigenvalue weighted by Gasteiger charge is -2.25. The predicted molar refractivity (Wildman–Crippen MR) is 83.3 cm³/mol. The van der Waals surface area contributed by atoms with Gasteiger partial charge in [-0.3, -0.25) is 14.7 Å². The molecule has 5 heteroatoms. The molecule has 21 heavy (non-hydrogen) atoms. The standard InChI is InChI=1S/C16H17N3OS/c20-16-8-15-14(19(16)13-2-1-5-17-9-13)3-6-18(15)10-12-4-7-21-11-12/h1-2,4-5,7,9,11,14-15H,3,6,8,10H2/t14-,15+/m0/s1. The highest BCUT2D eigenvalue weighted by atomic mass is 32.1. The van der Waals surface area contributed by atoms with Gasteiger partial charge in [0.2, 0.25) is 5.91 Å². The van der Waals surface area contributed by atoms with E-state index < -0.39 is 0 Å². The largest absolute Gasteiger partial charge is 0.306 e. The van der Waals surface area contributed by atoms with Crippen molar-refractivity contribution in [2.45, 2.75) is 31.5 Å². The molecule has 4 nitrogen and oxygen atoms in total. The van der Waals surface area contributed by atoms with E-state index in [0.717, 1.165) is 25.2 Å². The highest BCUT2D eigenvalue weighted by Crippen LogP contribution is 2.36. The number of hydrogen-bond acceptors (Lipinski definition) is 4. The van der Waals surface area contributed by atoms with Crippen molar-refractivity contribution >= 4 is 22.9 Å². The summed E-state index contributed by atoms with van der Waals surface area (Å²) in [4.78, 5) is 21.0. The lowest BCUT2D eigenvalue weighted by molar-refractivity contribution is -0.117. The Kier molecular flexibility index (Phi) is 3.24. The van der Waals surface area contributed by atoms with Gasteiger partial charge in [0.25, 0.3) is 0 Å². The molecule has 2 aliphatic rings. The monoisotopic (exact) mass is 299 g/mol. The number of amides is 1. The van der Waals surface area contributed by atoms with Gasteiger partial charge < -0.3 is 4.90 Å². The van der Waals surface area contributed by atoms with E-state index in [2.05, 4.69) is 26.7 Å². The van der Waals surface area contributed by atoms with Crippen LogP contribution in [0.3, 0.4) is 0 Å². The van der Waals surface area contributed by atoms with Crippen LogP contribution in [0.4, 0.5) is 5.69 Å². The van der Waals surface area contributed by atoms with Gasteiger partial charge >= 0.3 is 0 Å². The zero-order valence-electron chi connectivity index (χ0n) is 11.7. The quantitative estimate of drug-likeness (QED) is 0.874. The van der Waals surface area contributed by atoms with Gasteiger partial charge in [0.15, 0.2) is 0 Å². The molecule has 0 radical (unpaired) electrons. The normalized spacial score (nSPS) is 25.5. The van der Waals surface area contributed by atoms with Crippen molar-refractivity contribution in [1.29, 1.82) is 0 Å². The number of thiophene rings is 1. The Bertz CT molecular complexity index is 628. The molecule has 2 aliphatic heterocycles. The third-order valence-electron chi connectivity index (χ3n) is 4.50. The number of aromatic nitrogens is 1. The van der Waals surface area contributed by atoms with Gasteiger partial charge in [-0.1, -0.05) is 0 Å². The molecule has 2 aromatic rings. The maximum absolute atomic E-state index is 12.4. The molecule has 1 amide bonds. The number of likely N-dealkylation sites (tertiary alicyclic amines) is 1. The molecule has 0 N–H and O–H groups in total. The van der Waals surface area contributed by atoms with Crippen LogP contribution in [-0.2, 0) is 11.3 Å². The summed E-state index contributed by atoms with van der Waals surface area (Å²) in [5, 5.41) is 4.31. The Morgan fingerprint density at radius 3 is 3.05 bits per heavy atom. The summed E-state index contributed by atoms with van der Waals surface area (Å²) < 4.78 is 0. The van der Waals surface area contributed by atoms with Crippen LogP contribution in [0.15, 0.2) is 41.4 Å². The molecule has 4 heterocycles. The fourth-order valence-corrected chi connectivity index (χ4v) is 4.23. The van der Waals surface area contributed by atoms with Crippen LogP contribution in [-0.4, -0.2) is 34.4 Å². The van der Waals surface area contributed by atoms with Crippen molar-refractivity contribution in [3.05, 3.63) is 46.9 Å². The van der Waals surface area contributed by atoms with Crippen LogP contribution in [0.2, 0.25) is 0 Å². The molecule has 108 valence electrons. The first-order chi connectivity index (χ1) is 10.3. The topological polar surface area (TPSA) is 36.4 Å². The van der Waals surface area contributed by atoms with Crippen LogP contribution in [0.25, 0.3) is 0 Å². The minimum absolute atomic E-state index is 0.230. The second-order valence-corrected chi connectivity index (χ2v) is 6.48. The van der Waals surface area contributed by atoms with E-state index in [-0.39, 0.29) is 5.91 Å². The van der Waals surface area contributed by atoms with Crippen LogP contribution in [0.5, 0.6) is 0 Å². The minimum atomic E-state index is 0.230. The molecule has 2 aromatic heterocycles. The summed E-state index contributed by atoms with van der Waals surface area (Å²) in [6.07, 6.45) is 5.22. The summed E-state index contributed by atoms with van der Waals surface area (Å²) in [6.45, 7) is 2.02. The number of fused-ring (bicyclic) bond motifs is 1. The Morgan fingerprint density at radius 2 is 2.29 bits per heavy atom. The molecule has 2 fully saturated rings. The Morgan fingerprint density at radius 1 is 1.33 bits per heavy atom. The summed E-state index contributed by atoms with van der Waals surface area (Å²) in [5.41, 5.74) is 2.29. The highest BCUT2D eigenvalue weighted by Gasteiger charge is 2.47. The fraction of sp³-hybridized carbons (Fsp3) is 0.375. The molecule has 2 saturated heterocycles. The molecule has 0 saturated carbocycles. The molecular formula is C16H17N3OS. The lowest BCUT2D eigenvalue weighted by Crippen LogP contribution is -2.37. The van der Waals surface area contributed by atoms with Crippen molar-refractivity contribution in [2.75, 3.05) is 11.4 Å². The van der Waals surface area contributed by atoms with Crippen molar-refractivity contribution in [3.63, 3.8) is 0 Å². The maximum Gasteiger partial charge on any atom is 0.229 e. The molecule has 0 aliphatic carbocycles. The zero-order valence-corrected chi connectivity index (χ0v) is 12.5. The lowest BCUT2D eigenvalue weighted by atomic mass is 10.1. The Labute approximate surface area is 128 Å². The number of hydrogen-bond donors (Lipinski definition) is 0. The molecule has 0 spiro atoms. The third-order valence-corrected chi connectivity index (χ3v) is 5.23. The van der Waals surface area contributed by atoms with Gasteiger partial charge in [0, 0.05) is 31.7 Å². The van der Waals surface area contributed by atoms with Gasteiger partial charge in [-0.2, -0.15) is 11.3 Å². The van der Waals surface area contributed by atoms with Crippen molar-refractivity contribution in [3.8, 4) is 0 Å². The van der Waals surface area contributed by atoms with E-state index >= 15 is 0 Å². The van der Waals surface area contributed by atoms with E-state index in [4.69, 9.17) is 0 Å². The average molecular weight is 299 g/mol. The Balaban J connectivity index is 1.55. The predicted octanol–water partition coefficient (Wildman–Crippen LogP) is 2.52. The molecule has 2 atom stereocenters. The molecule has 0 unspecified atom stereocenters. The van der Waals surface area contributed by atoms with Gasteiger partial charge in [0.1, 0.15) is 0 Å². The smallest absolute Gasteiger partial charge is 0.229 e. The second kappa shape index (κ2) is 5.24. The third kappa shape index (κ3) is 2.26. The summed E-state index contributed by atoms with van der Waals surface area (Å²) >= 11 is 1.73. The zero-order chi connectivity index (χ0) is 14.2. The van der Waals surface area contributed by atoms with E-state index in [0.29, 0.717) is 18.5 Å². The number of pyridine rings is 1. The van der Waals surface area contributed by atoms with E-state index in [9.17, 15) is 4.79 Å². The Hall–Kier alpha value is -1.72. The number of rotatable bonds is 3. The summed E-state index contributed by atoms with van der Waals surface area (Å²) in [7, 11) is 0. The second-order valence-electron chi connectivity index (χ2n) is 5.70. The highest BCUT2D eigenvalue weighted by molar-refractivity contribution is 7.07. The summed E-state index contributed by atoms with van der Waals surface area (Å²) in [6, 6.07) is 6.70. The first-order valence-electron chi connectivity index (χ1n) is 7.30.